The highest BCUT2D eigenvalue weighted by Crippen LogP contribution is 2.38. The number of carbonyl (C=O) groups excluding carboxylic acids is 1. The van der Waals surface area contributed by atoms with Crippen LogP contribution in [-0.4, -0.2) is 21.2 Å². The lowest BCUT2D eigenvalue weighted by atomic mass is 9.94. The smallest absolute Gasteiger partial charge is 0.266 e. The second kappa shape index (κ2) is 9.73. The molecular weight excluding hydrogens is 457 g/mol. The molecule has 0 bridgehead atoms. The molecule has 2 fully saturated rings. The van der Waals surface area contributed by atoms with E-state index in [1.54, 1.807) is 12.1 Å². The van der Waals surface area contributed by atoms with Gasteiger partial charge in [-0.05, 0) is 37.1 Å². The van der Waals surface area contributed by atoms with Gasteiger partial charge in [-0.1, -0.05) is 90.7 Å². The minimum atomic E-state index is 0.00690. The Kier molecular flexibility index (Phi) is 7.04. The maximum Gasteiger partial charge on any atom is 0.266 e. The van der Waals surface area contributed by atoms with Gasteiger partial charge in [0.2, 0.25) is 0 Å². The van der Waals surface area contributed by atoms with Crippen LogP contribution >= 0.6 is 47.2 Å². The van der Waals surface area contributed by atoms with Crippen LogP contribution in [0.4, 0.5) is 0 Å². The van der Waals surface area contributed by atoms with Gasteiger partial charge in [-0.15, -0.1) is 0 Å². The first-order chi connectivity index (χ1) is 14.5. The largest absolute Gasteiger partial charge is 0.488 e. The lowest BCUT2D eigenvalue weighted by molar-refractivity contribution is -0.124. The number of halogens is 2. The van der Waals surface area contributed by atoms with E-state index in [1.165, 1.54) is 18.2 Å². The molecule has 2 aromatic carbocycles. The van der Waals surface area contributed by atoms with E-state index in [-0.39, 0.29) is 11.9 Å². The molecule has 0 unspecified atom stereocenters. The van der Waals surface area contributed by atoms with Crippen molar-refractivity contribution in [1.82, 2.24) is 4.90 Å². The molecule has 0 aromatic heterocycles. The first kappa shape index (κ1) is 21.7. The molecule has 1 saturated carbocycles. The third-order valence-corrected chi connectivity index (χ3v) is 7.28. The van der Waals surface area contributed by atoms with Gasteiger partial charge in [0, 0.05) is 27.2 Å². The first-order valence-corrected chi connectivity index (χ1v) is 11.9. The molecule has 3 nitrogen and oxygen atoms in total. The molecule has 1 amide bonds. The summed E-state index contributed by atoms with van der Waals surface area (Å²) in [5.41, 5.74) is 1.69. The second-order valence-corrected chi connectivity index (χ2v) is 9.93. The summed E-state index contributed by atoms with van der Waals surface area (Å²) in [5, 5.41) is 1.15. The molecular formula is C23H21Cl2NO2S2. The minimum Gasteiger partial charge on any atom is -0.488 e. The van der Waals surface area contributed by atoms with Gasteiger partial charge >= 0.3 is 0 Å². The van der Waals surface area contributed by atoms with Crippen molar-refractivity contribution in [2.45, 2.75) is 44.8 Å². The Morgan fingerprint density at radius 1 is 1.13 bits per heavy atom. The molecule has 156 valence electrons. The Bertz CT molecular complexity index is 1000. The number of nitrogens with zero attached hydrogens (tertiary/aromatic N) is 1. The van der Waals surface area contributed by atoms with E-state index < -0.39 is 0 Å². The zero-order valence-electron chi connectivity index (χ0n) is 16.3. The summed E-state index contributed by atoms with van der Waals surface area (Å²) in [5.74, 6) is 0.693. The number of thiocarbonyl (C=S) groups is 1. The molecule has 1 aliphatic carbocycles. The SMILES string of the molecule is O=C1/C(=C/c2ccccc2OCc2ccc(Cl)cc2Cl)SC(=S)N1C1CCCCC1. The number of benzene rings is 2. The van der Waals surface area contributed by atoms with Crippen molar-refractivity contribution in [2.24, 2.45) is 0 Å². The molecule has 0 atom stereocenters. The topological polar surface area (TPSA) is 29.5 Å². The van der Waals surface area contributed by atoms with E-state index in [9.17, 15) is 4.79 Å². The Morgan fingerprint density at radius 2 is 1.90 bits per heavy atom. The van der Waals surface area contributed by atoms with Crippen molar-refractivity contribution in [3.05, 3.63) is 68.5 Å². The van der Waals surface area contributed by atoms with Crippen molar-refractivity contribution < 1.29 is 9.53 Å². The normalized spacial score (nSPS) is 19.0. The molecule has 0 radical (unpaired) electrons. The summed E-state index contributed by atoms with van der Waals surface area (Å²) in [7, 11) is 0. The van der Waals surface area contributed by atoms with Crippen molar-refractivity contribution >= 4 is 63.5 Å². The molecule has 1 heterocycles. The number of rotatable bonds is 5. The molecule has 1 aliphatic heterocycles. The zero-order chi connectivity index (χ0) is 21.1. The first-order valence-electron chi connectivity index (χ1n) is 9.96. The van der Waals surface area contributed by atoms with Crippen LogP contribution in [0.5, 0.6) is 5.75 Å². The van der Waals surface area contributed by atoms with Gasteiger partial charge in [0.1, 0.15) is 16.7 Å². The van der Waals surface area contributed by atoms with Crippen LogP contribution in [0, 0.1) is 0 Å². The summed E-state index contributed by atoms with van der Waals surface area (Å²) in [6.45, 7) is 0.309. The molecule has 2 aliphatic rings. The maximum absolute atomic E-state index is 13.1. The third kappa shape index (κ3) is 4.86. The number of amides is 1. The molecule has 30 heavy (non-hydrogen) atoms. The summed E-state index contributed by atoms with van der Waals surface area (Å²) >= 11 is 19.1. The molecule has 0 N–H and O–H groups in total. The van der Waals surface area contributed by atoms with Crippen LogP contribution < -0.4 is 4.74 Å². The predicted octanol–water partition coefficient (Wildman–Crippen LogP) is 7.11. The monoisotopic (exact) mass is 477 g/mol. The van der Waals surface area contributed by atoms with Crippen molar-refractivity contribution in [1.29, 1.82) is 0 Å². The number of carbonyl (C=O) groups is 1. The van der Waals surface area contributed by atoms with E-state index in [1.807, 2.05) is 41.3 Å². The molecule has 4 rings (SSSR count). The Hall–Kier alpha value is -1.53. The van der Waals surface area contributed by atoms with Gasteiger partial charge in [-0.2, -0.15) is 0 Å². The lowest BCUT2D eigenvalue weighted by Gasteiger charge is -2.29. The zero-order valence-corrected chi connectivity index (χ0v) is 19.4. The fourth-order valence-corrected chi connectivity index (χ4v) is 5.65. The van der Waals surface area contributed by atoms with E-state index in [0.29, 0.717) is 31.6 Å². The predicted molar refractivity (Wildman–Crippen MR) is 129 cm³/mol. The lowest BCUT2D eigenvalue weighted by Crippen LogP contribution is -2.39. The van der Waals surface area contributed by atoms with Crippen LogP contribution in [-0.2, 0) is 11.4 Å². The Balaban J connectivity index is 1.52. The molecule has 2 aromatic rings. The maximum atomic E-state index is 13.1. The van der Waals surface area contributed by atoms with Gasteiger partial charge in [0.05, 0.1) is 4.91 Å². The van der Waals surface area contributed by atoms with Gasteiger partial charge in [-0.3, -0.25) is 9.69 Å². The van der Waals surface area contributed by atoms with Crippen molar-refractivity contribution in [2.75, 3.05) is 0 Å². The molecule has 0 spiro atoms. The third-order valence-electron chi connectivity index (χ3n) is 5.37. The number of hydrogen-bond acceptors (Lipinski definition) is 4. The van der Waals surface area contributed by atoms with Gasteiger partial charge < -0.3 is 4.74 Å². The standard InChI is InChI=1S/C23H21Cl2NO2S2/c24-17-11-10-16(19(25)13-17)14-28-20-9-5-4-6-15(20)12-21-22(27)26(23(29)30-21)18-7-2-1-3-8-18/h4-6,9-13,18H,1-3,7-8,14H2/b21-12-. The average Bonchev–Trinajstić information content (AvgIpc) is 3.02. The number of hydrogen-bond donors (Lipinski definition) is 0. The highest BCUT2D eigenvalue weighted by atomic mass is 35.5. The fourth-order valence-electron chi connectivity index (χ4n) is 3.80. The summed E-state index contributed by atoms with van der Waals surface area (Å²) < 4.78 is 6.68. The van der Waals surface area contributed by atoms with Gasteiger partial charge in [0.15, 0.2) is 0 Å². The van der Waals surface area contributed by atoms with E-state index >= 15 is 0 Å². The van der Waals surface area contributed by atoms with Crippen molar-refractivity contribution in [3.8, 4) is 5.75 Å². The number of thioether (sulfide) groups is 1. The fraction of sp³-hybridized carbons (Fsp3) is 0.304. The quantitative estimate of drug-likeness (QED) is 0.339. The number of ether oxygens (including phenoxy) is 1. The van der Waals surface area contributed by atoms with E-state index in [0.717, 1.165) is 36.8 Å². The van der Waals surface area contributed by atoms with Crippen LogP contribution in [0.1, 0.15) is 43.2 Å². The summed E-state index contributed by atoms with van der Waals surface area (Å²) in [4.78, 5) is 15.5. The van der Waals surface area contributed by atoms with Crippen LogP contribution in [0.3, 0.4) is 0 Å². The Labute approximate surface area is 196 Å². The second-order valence-electron chi connectivity index (χ2n) is 7.41. The highest BCUT2D eigenvalue weighted by Gasteiger charge is 2.37. The Morgan fingerprint density at radius 3 is 2.67 bits per heavy atom. The van der Waals surface area contributed by atoms with Gasteiger partial charge in [0.25, 0.3) is 5.91 Å². The summed E-state index contributed by atoms with van der Waals surface area (Å²) in [6, 6.07) is 13.2. The molecule has 1 saturated heterocycles. The van der Waals surface area contributed by atoms with E-state index in [4.69, 9.17) is 40.2 Å². The average molecular weight is 478 g/mol. The highest BCUT2D eigenvalue weighted by molar-refractivity contribution is 8.26. The minimum absolute atomic E-state index is 0.00690. The van der Waals surface area contributed by atoms with Gasteiger partial charge in [-0.25, -0.2) is 0 Å². The molecule has 7 heteroatoms. The van der Waals surface area contributed by atoms with Crippen LogP contribution in [0.2, 0.25) is 10.0 Å². The summed E-state index contributed by atoms with van der Waals surface area (Å²) in [6.07, 6.45) is 7.49. The van der Waals surface area contributed by atoms with Crippen LogP contribution in [0.25, 0.3) is 6.08 Å². The van der Waals surface area contributed by atoms with E-state index in [2.05, 4.69) is 0 Å². The van der Waals surface area contributed by atoms with Crippen LogP contribution in [0.15, 0.2) is 47.4 Å². The van der Waals surface area contributed by atoms with Crippen molar-refractivity contribution in [3.63, 3.8) is 0 Å². The number of para-hydroxylation sites is 1.